The van der Waals surface area contributed by atoms with Gasteiger partial charge in [-0.3, -0.25) is 0 Å². The minimum absolute atomic E-state index is 0.554. The molecule has 0 aromatic heterocycles. The first kappa shape index (κ1) is 14.4. The second-order valence-electron chi connectivity index (χ2n) is 3.02. The van der Waals surface area contributed by atoms with Crippen molar-refractivity contribution in [1.82, 2.24) is 0 Å². The van der Waals surface area contributed by atoms with Gasteiger partial charge in [0.15, 0.2) is 0 Å². The van der Waals surface area contributed by atoms with Gasteiger partial charge in [-0.15, -0.1) is 0 Å². The van der Waals surface area contributed by atoms with E-state index in [1.807, 2.05) is 13.8 Å². The van der Waals surface area contributed by atoms with Crippen LogP contribution in [0.15, 0.2) is 0 Å². The summed E-state index contributed by atoms with van der Waals surface area (Å²) in [5.74, 6) is 0. The van der Waals surface area contributed by atoms with E-state index in [1.165, 1.54) is 0 Å². The van der Waals surface area contributed by atoms with Crippen molar-refractivity contribution in [2.24, 2.45) is 0 Å². The molecule has 0 aromatic rings. The average Bonchev–Trinajstić information content (AvgIpc) is 2.11. The molecule has 0 aliphatic carbocycles. The molecular weight excluding hydrogens is 388 g/mol. The monoisotopic (exact) mass is 408 g/mol. The number of hydrogen-bond donors (Lipinski definition) is 0. The van der Waals surface area contributed by atoms with Crippen molar-refractivity contribution in [3.63, 3.8) is 0 Å². The molecule has 0 N–H and O–H groups in total. The van der Waals surface area contributed by atoms with Gasteiger partial charge < -0.3 is 0 Å². The van der Waals surface area contributed by atoms with Crippen molar-refractivity contribution >= 4 is 41.5 Å². The zero-order valence-electron chi connectivity index (χ0n) is 8.41. The topological polar surface area (TPSA) is 9.23 Å². The van der Waals surface area contributed by atoms with Gasteiger partial charge in [0, 0.05) is 0 Å². The number of halogens is 2. The van der Waals surface area contributed by atoms with Crippen molar-refractivity contribution in [3.05, 3.63) is 0 Å². The molecule has 13 heavy (non-hydrogen) atoms. The van der Waals surface area contributed by atoms with Crippen molar-refractivity contribution in [2.45, 2.75) is 48.4 Å². The van der Waals surface area contributed by atoms with E-state index in [4.69, 9.17) is 1.41 Å². The SMILES string of the molecule is CCC[CH2][Sn]([F])[O][Sn]([F])[CH2]CCC. The van der Waals surface area contributed by atoms with Crippen molar-refractivity contribution < 1.29 is 7.15 Å². The molecule has 0 aliphatic heterocycles. The molecule has 0 saturated heterocycles. The fraction of sp³-hybridized carbons (Fsp3) is 1.00. The van der Waals surface area contributed by atoms with Crippen molar-refractivity contribution in [3.8, 4) is 0 Å². The first-order valence-electron chi connectivity index (χ1n) is 4.91. The summed E-state index contributed by atoms with van der Waals surface area (Å²) in [6.07, 6.45) is 3.71. The summed E-state index contributed by atoms with van der Waals surface area (Å²) >= 11 is -6.27. The van der Waals surface area contributed by atoms with Crippen LogP contribution in [0.25, 0.3) is 0 Å². The Labute approximate surface area is 96.4 Å². The summed E-state index contributed by atoms with van der Waals surface area (Å²) in [6, 6.07) is 0. The van der Waals surface area contributed by atoms with Gasteiger partial charge in [-0.25, -0.2) is 0 Å². The fourth-order valence-electron chi connectivity index (χ4n) is 0.854. The molecule has 0 unspecified atom stereocenters. The molecular formula is C8H18F2OSn2. The summed E-state index contributed by atoms with van der Waals surface area (Å²) in [7, 11) is 0. The maximum absolute atomic E-state index is 13.1. The summed E-state index contributed by atoms with van der Waals surface area (Å²) in [6.45, 7) is 4.03. The predicted octanol–water partition coefficient (Wildman–Crippen LogP) is 3.52. The Bertz CT molecular complexity index is 104. The molecule has 0 aromatic carbocycles. The predicted molar refractivity (Wildman–Crippen MR) is 54.2 cm³/mol. The van der Waals surface area contributed by atoms with Crippen LogP contribution in [0.5, 0.6) is 0 Å². The summed E-state index contributed by atoms with van der Waals surface area (Å²) in [5, 5.41) is 0. The number of hydrogen-bond acceptors (Lipinski definition) is 1. The molecule has 78 valence electrons. The molecule has 0 amide bonds. The minimum atomic E-state index is -3.14. The molecule has 1 nitrogen and oxygen atoms in total. The standard InChI is InChI=1S/2C4H9.2FH.O.2Sn/c2*1-3-4-2;;;;;/h2*1,3-4H2,2H3;2*1H;;;/q;;;;;2*+1/p-2. The Morgan fingerprint density at radius 1 is 0.923 bits per heavy atom. The molecule has 0 aliphatic rings. The summed E-state index contributed by atoms with van der Waals surface area (Å²) in [4.78, 5) is 0. The van der Waals surface area contributed by atoms with E-state index in [0.717, 1.165) is 25.7 Å². The van der Waals surface area contributed by atoms with Gasteiger partial charge in [-0.2, -0.15) is 0 Å². The van der Waals surface area contributed by atoms with Crippen LogP contribution in [0.4, 0.5) is 5.73 Å². The Balaban J connectivity index is 3.35. The third-order valence-corrected chi connectivity index (χ3v) is 15.7. The summed E-state index contributed by atoms with van der Waals surface area (Å²) < 4.78 is 32.1. The quantitative estimate of drug-likeness (QED) is 0.562. The van der Waals surface area contributed by atoms with Crippen LogP contribution in [0, 0.1) is 0 Å². The molecule has 0 rings (SSSR count). The summed E-state index contributed by atoms with van der Waals surface area (Å²) in [5.41, 5.74) is 0. The van der Waals surface area contributed by atoms with Crippen molar-refractivity contribution in [1.29, 1.82) is 0 Å². The van der Waals surface area contributed by atoms with E-state index in [-0.39, 0.29) is 0 Å². The van der Waals surface area contributed by atoms with Gasteiger partial charge in [-0.05, 0) is 0 Å². The van der Waals surface area contributed by atoms with Crippen LogP contribution < -0.4 is 0 Å². The Hall–Kier alpha value is 1.42. The van der Waals surface area contributed by atoms with Gasteiger partial charge in [0.25, 0.3) is 0 Å². The van der Waals surface area contributed by atoms with Crippen LogP contribution in [0.2, 0.25) is 8.87 Å². The van der Waals surface area contributed by atoms with Gasteiger partial charge in [-0.1, -0.05) is 0 Å². The zero-order valence-corrected chi connectivity index (χ0v) is 14.1. The Kier molecular flexibility index (Phi) is 11.0. The second-order valence-corrected chi connectivity index (χ2v) is 14.4. The molecule has 0 atom stereocenters. The average molecular weight is 406 g/mol. The first-order valence-corrected chi connectivity index (χ1v) is 13.4. The third-order valence-electron chi connectivity index (χ3n) is 1.68. The molecule has 0 spiro atoms. The number of rotatable bonds is 8. The van der Waals surface area contributed by atoms with Crippen LogP contribution in [0.3, 0.4) is 0 Å². The van der Waals surface area contributed by atoms with Gasteiger partial charge in [0.1, 0.15) is 0 Å². The Morgan fingerprint density at radius 3 is 1.62 bits per heavy atom. The maximum atomic E-state index is 13.1. The molecule has 2 radical (unpaired) electrons. The molecule has 0 fully saturated rings. The van der Waals surface area contributed by atoms with E-state index in [9.17, 15) is 5.73 Å². The molecule has 0 heterocycles. The van der Waals surface area contributed by atoms with E-state index >= 15 is 0 Å². The normalized spacial score (nSPS) is 11.5. The van der Waals surface area contributed by atoms with Crippen molar-refractivity contribution in [2.75, 3.05) is 0 Å². The van der Waals surface area contributed by atoms with Gasteiger partial charge in [0.05, 0.1) is 0 Å². The Morgan fingerprint density at radius 2 is 1.31 bits per heavy atom. The van der Waals surface area contributed by atoms with E-state index in [1.54, 1.807) is 0 Å². The fourth-order valence-corrected chi connectivity index (χ4v) is 14.2. The van der Waals surface area contributed by atoms with Gasteiger partial charge >= 0.3 is 97.0 Å². The zero-order chi connectivity index (χ0) is 10.1. The van der Waals surface area contributed by atoms with Crippen LogP contribution in [-0.4, -0.2) is 41.5 Å². The third kappa shape index (κ3) is 9.72. The molecule has 5 heteroatoms. The van der Waals surface area contributed by atoms with Crippen LogP contribution in [0.1, 0.15) is 39.5 Å². The van der Waals surface area contributed by atoms with E-state index < -0.39 is 41.5 Å². The molecule has 0 saturated carbocycles. The van der Waals surface area contributed by atoms with E-state index in [2.05, 4.69) is 0 Å². The van der Waals surface area contributed by atoms with Crippen LogP contribution >= 0.6 is 0 Å². The van der Waals surface area contributed by atoms with Crippen LogP contribution in [-0.2, 0) is 1.41 Å². The molecule has 0 bridgehead atoms. The second kappa shape index (κ2) is 9.95. The first-order chi connectivity index (χ1) is 6.20. The van der Waals surface area contributed by atoms with Gasteiger partial charge in [0.2, 0.25) is 0 Å². The number of unbranched alkanes of at least 4 members (excludes halogenated alkanes) is 2. The van der Waals surface area contributed by atoms with E-state index in [0.29, 0.717) is 8.87 Å².